The molecule has 110 valence electrons. The molecule has 4 nitrogen and oxygen atoms in total. The molecule has 1 aromatic rings. The van der Waals surface area contributed by atoms with Crippen LogP contribution in [0.15, 0.2) is 24.3 Å². The van der Waals surface area contributed by atoms with E-state index in [0.29, 0.717) is 17.7 Å². The summed E-state index contributed by atoms with van der Waals surface area (Å²) in [6, 6.07) is 8.21. The van der Waals surface area contributed by atoms with Crippen molar-refractivity contribution in [1.29, 1.82) is 0 Å². The Morgan fingerprint density at radius 3 is 2.65 bits per heavy atom. The Morgan fingerprint density at radius 1 is 1.20 bits per heavy atom. The number of ether oxygens (including phenoxy) is 1. The van der Waals surface area contributed by atoms with E-state index in [0.717, 1.165) is 52.2 Å². The third-order valence-corrected chi connectivity index (χ3v) is 4.47. The number of nitrogens with one attached hydrogen (secondary N) is 1. The normalized spacial score (nSPS) is 23.6. The molecule has 20 heavy (non-hydrogen) atoms. The molecule has 2 aliphatic rings. The van der Waals surface area contributed by atoms with Crippen molar-refractivity contribution in [2.75, 3.05) is 39.4 Å². The second-order valence-electron chi connectivity index (χ2n) is 5.78. The van der Waals surface area contributed by atoms with Crippen molar-refractivity contribution in [1.82, 2.24) is 10.2 Å². The largest absolute Gasteiger partial charge is 0.508 e. The second-order valence-corrected chi connectivity index (χ2v) is 5.78. The molecule has 4 heteroatoms. The third-order valence-electron chi connectivity index (χ3n) is 4.47. The Hall–Kier alpha value is -1.10. The summed E-state index contributed by atoms with van der Waals surface area (Å²) in [5.41, 5.74) is 1.25. The van der Waals surface area contributed by atoms with E-state index in [1.807, 2.05) is 12.1 Å². The van der Waals surface area contributed by atoms with Gasteiger partial charge in [-0.15, -0.1) is 0 Å². The Balaban J connectivity index is 1.85. The average Bonchev–Trinajstić information content (AvgIpc) is 2.50. The van der Waals surface area contributed by atoms with E-state index >= 15 is 0 Å². The van der Waals surface area contributed by atoms with Crippen molar-refractivity contribution in [3.63, 3.8) is 0 Å². The van der Waals surface area contributed by atoms with Gasteiger partial charge in [0, 0.05) is 45.4 Å². The van der Waals surface area contributed by atoms with Gasteiger partial charge in [-0.05, 0) is 36.5 Å². The van der Waals surface area contributed by atoms with Gasteiger partial charge in [-0.25, -0.2) is 0 Å². The van der Waals surface area contributed by atoms with Crippen molar-refractivity contribution < 1.29 is 9.84 Å². The highest BCUT2D eigenvalue weighted by molar-refractivity contribution is 5.30. The van der Waals surface area contributed by atoms with Gasteiger partial charge in [0.25, 0.3) is 0 Å². The molecule has 2 fully saturated rings. The lowest BCUT2D eigenvalue weighted by atomic mass is 9.85. The van der Waals surface area contributed by atoms with E-state index in [1.54, 1.807) is 6.07 Å². The van der Waals surface area contributed by atoms with Gasteiger partial charge in [-0.3, -0.25) is 4.90 Å². The first-order valence-electron chi connectivity index (χ1n) is 7.66. The fraction of sp³-hybridized carbons (Fsp3) is 0.625. The molecule has 2 N–H and O–H groups in total. The number of hydrogen-bond donors (Lipinski definition) is 2. The van der Waals surface area contributed by atoms with Crippen LogP contribution in [0.1, 0.15) is 24.4 Å². The number of benzene rings is 1. The standard InChI is InChI=1S/C16H24N2O2/c19-15-3-1-2-14(12-15)16(13-4-10-20-11-5-13)18-8-6-17-7-9-18/h1-3,12-13,16-17,19H,4-11H2/t16-/m0/s1. The van der Waals surface area contributed by atoms with Gasteiger partial charge in [-0.1, -0.05) is 12.1 Å². The van der Waals surface area contributed by atoms with Crippen LogP contribution in [0.25, 0.3) is 0 Å². The molecule has 0 amide bonds. The zero-order valence-electron chi connectivity index (χ0n) is 11.9. The highest BCUT2D eigenvalue weighted by Crippen LogP contribution is 2.36. The summed E-state index contributed by atoms with van der Waals surface area (Å²) in [4.78, 5) is 2.57. The van der Waals surface area contributed by atoms with Crippen molar-refractivity contribution in [2.45, 2.75) is 18.9 Å². The fourth-order valence-electron chi connectivity index (χ4n) is 3.48. The molecule has 3 rings (SSSR count). The van der Waals surface area contributed by atoms with Crippen LogP contribution < -0.4 is 5.32 Å². The maximum atomic E-state index is 9.80. The molecule has 0 spiro atoms. The molecule has 2 aliphatic heterocycles. The van der Waals surface area contributed by atoms with Crippen molar-refractivity contribution in [3.05, 3.63) is 29.8 Å². The summed E-state index contributed by atoms with van der Waals surface area (Å²) in [6.07, 6.45) is 2.23. The third kappa shape index (κ3) is 3.14. The summed E-state index contributed by atoms with van der Waals surface area (Å²) in [6.45, 7) is 6.00. The lowest BCUT2D eigenvalue weighted by Crippen LogP contribution is -2.47. The number of hydrogen-bond acceptors (Lipinski definition) is 4. The molecule has 1 aromatic carbocycles. The summed E-state index contributed by atoms with van der Waals surface area (Å²) in [7, 11) is 0. The molecule has 0 aromatic heterocycles. The van der Waals surface area contributed by atoms with Gasteiger partial charge in [0.2, 0.25) is 0 Å². The van der Waals surface area contributed by atoms with Crippen molar-refractivity contribution in [2.24, 2.45) is 5.92 Å². The summed E-state index contributed by atoms with van der Waals surface area (Å²) in [5.74, 6) is 0.998. The first kappa shape index (κ1) is 13.9. The van der Waals surface area contributed by atoms with Crippen LogP contribution in [-0.4, -0.2) is 49.4 Å². The number of aromatic hydroxyl groups is 1. The maximum absolute atomic E-state index is 9.80. The Kier molecular flexibility index (Phi) is 4.55. The number of nitrogens with zero attached hydrogens (tertiary/aromatic N) is 1. The van der Waals surface area contributed by atoms with Gasteiger partial charge in [-0.2, -0.15) is 0 Å². The zero-order chi connectivity index (χ0) is 13.8. The topological polar surface area (TPSA) is 44.7 Å². The van der Waals surface area contributed by atoms with Crippen LogP contribution in [0.4, 0.5) is 0 Å². The smallest absolute Gasteiger partial charge is 0.115 e. The number of phenolic OH excluding ortho intramolecular Hbond substituents is 1. The van der Waals surface area contributed by atoms with Gasteiger partial charge in [0.1, 0.15) is 5.75 Å². The molecule has 2 heterocycles. The fourth-order valence-corrected chi connectivity index (χ4v) is 3.48. The molecular weight excluding hydrogens is 252 g/mol. The summed E-state index contributed by atoms with van der Waals surface area (Å²) < 4.78 is 5.52. The van der Waals surface area contributed by atoms with E-state index in [2.05, 4.69) is 16.3 Å². The number of piperazine rings is 1. The van der Waals surface area contributed by atoms with Gasteiger partial charge in [0.15, 0.2) is 0 Å². The quantitative estimate of drug-likeness (QED) is 0.883. The van der Waals surface area contributed by atoms with Crippen LogP contribution >= 0.6 is 0 Å². The minimum absolute atomic E-state index is 0.370. The van der Waals surface area contributed by atoms with E-state index in [1.165, 1.54) is 5.56 Å². The lowest BCUT2D eigenvalue weighted by molar-refractivity contribution is 0.0212. The highest BCUT2D eigenvalue weighted by Gasteiger charge is 2.31. The molecule has 0 bridgehead atoms. The lowest BCUT2D eigenvalue weighted by Gasteiger charge is -2.41. The zero-order valence-corrected chi connectivity index (χ0v) is 11.9. The van der Waals surface area contributed by atoms with Crippen molar-refractivity contribution in [3.8, 4) is 5.75 Å². The predicted molar refractivity (Wildman–Crippen MR) is 78.8 cm³/mol. The minimum atomic E-state index is 0.370. The first-order valence-corrected chi connectivity index (χ1v) is 7.66. The van der Waals surface area contributed by atoms with Gasteiger partial charge >= 0.3 is 0 Å². The van der Waals surface area contributed by atoms with Gasteiger partial charge in [0.05, 0.1) is 0 Å². The first-order chi connectivity index (χ1) is 9.84. The van der Waals surface area contributed by atoms with Crippen LogP contribution in [0.2, 0.25) is 0 Å². The Morgan fingerprint density at radius 2 is 1.95 bits per heavy atom. The van der Waals surface area contributed by atoms with Crippen LogP contribution in [0, 0.1) is 5.92 Å². The molecular formula is C16H24N2O2. The number of rotatable bonds is 3. The van der Waals surface area contributed by atoms with E-state index in [-0.39, 0.29) is 0 Å². The molecule has 1 atom stereocenters. The monoisotopic (exact) mass is 276 g/mol. The molecule has 0 radical (unpaired) electrons. The number of phenols is 1. The molecule has 0 saturated carbocycles. The van der Waals surface area contributed by atoms with E-state index < -0.39 is 0 Å². The molecule has 2 saturated heterocycles. The van der Waals surface area contributed by atoms with Gasteiger partial charge < -0.3 is 15.2 Å². The average molecular weight is 276 g/mol. The molecule has 0 unspecified atom stereocenters. The predicted octanol–water partition coefficient (Wildman–Crippen LogP) is 1.77. The van der Waals surface area contributed by atoms with Crippen LogP contribution in [0.5, 0.6) is 5.75 Å². The van der Waals surface area contributed by atoms with E-state index in [4.69, 9.17) is 4.74 Å². The SMILES string of the molecule is Oc1cccc([C@H](C2CCOCC2)N2CCNCC2)c1. The molecule has 0 aliphatic carbocycles. The minimum Gasteiger partial charge on any atom is -0.508 e. The maximum Gasteiger partial charge on any atom is 0.115 e. The van der Waals surface area contributed by atoms with Crippen molar-refractivity contribution >= 4 is 0 Å². The van der Waals surface area contributed by atoms with E-state index in [9.17, 15) is 5.11 Å². The summed E-state index contributed by atoms with van der Waals surface area (Å²) >= 11 is 0. The van der Waals surface area contributed by atoms with Crippen LogP contribution in [0.3, 0.4) is 0 Å². The Labute approximate surface area is 120 Å². The Bertz CT molecular complexity index is 408. The highest BCUT2D eigenvalue weighted by atomic mass is 16.5. The summed E-state index contributed by atoms with van der Waals surface area (Å²) in [5, 5.41) is 13.2. The van der Waals surface area contributed by atoms with Crippen LogP contribution in [-0.2, 0) is 4.74 Å². The second kappa shape index (κ2) is 6.57.